The third-order valence-electron chi connectivity index (χ3n) is 27.2. The Labute approximate surface area is 738 Å². The molecule has 27 rings (SSSR count). The lowest BCUT2D eigenvalue weighted by atomic mass is 9.87. The molecule has 594 valence electrons. The lowest BCUT2D eigenvalue weighted by Gasteiger charge is -2.17. The van der Waals surface area contributed by atoms with Crippen molar-refractivity contribution in [2.24, 2.45) is 0 Å². The number of rotatable bonds is 10. The van der Waals surface area contributed by atoms with Gasteiger partial charge >= 0.3 is 0 Å². The molecule has 0 aliphatic rings. The van der Waals surface area contributed by atoms with Gasteiger partial charge in [0.25, 0.3) is 0 Å². The smallest absolute Gasteiger partial charge is 0.0541 e. The van der Waals surface area contributed by atoms with Gasteiger partial charge in [0.05, 0.1) is 44.1 Å². The average Bonchev–Trinajstić information content (AvgIpc) is 1.06. The molecular weight excluding hydrogens is 1550 g/mol. The maximum absolute atomic E-state index is 2.45. The van der Waals surface area contributed by atoms with E-state index in [2.05, 4.69) is 491 Å². The predicted octanol–water partition coefficient (Wildman–Crippen LogP) is 33.8. The summed E-state index contributed by atoms with van der Waals surface area (Å²) in [6.07, 6.45) is 0. The van der Waals surface area contributed by atoms with Crippen LogP contribution in [-0.2, 0) is 0 Å². The fourth-order valence-corrected chi connectivity index (χ4v) is 21.2. The highest BCUT2D eigenvalue weighted by Crippen LogP contribution is 2.47. The molecule has 0 radical (unpaired) electrons. The molecule has 23 aromatic carbocycles. The molecule has 0 amide bonds. The van der Waals surface area contributed by atoms with Crippen molar-refractivity contribution < 1.29 is 0 Å². The maximum atomic E-state index is 2.45. The first-order valence-corrected chi connectivity index (χ1v) is 44.2. The highest BCUT2D eigenvalue weighted by Gasteiger charge is 2.23. The van der Waals surface area contributed by atoms with E-state index in [1.165, 1.54) is 229 Å². The Bertz CT molecular complexity index is 9220. The first-order chi connectivity index (χ1) is 63.5. The summed E-state index contributed by atoms with van der Waals surface area (Å²) >= 11 is 0. The fourth-order valence-electron chi connectivity index (χ4n) is 21.2. The molecule has 0 spiro atoms. The van der Waals surface area contributed by atoms with Gasteiger partial charge in [0.2, 0.25) is 0 Å². The number of aromatic nitrogens is 4. The van der Waals surface area contributed by atoms with E-state index >= 15 is 0 Å². The molecule has 0 bridgehead atoms. The van der Waals surface area contributed by atoms with Gasteiger partial charge in [0.15, 0.2) is 0 Å². The summed E-state index contributed by atoms with van der Waals surface area (Å²) in [7, 11) is 0. The number of nitrogens with zero attached hydrogens (tertiary/aromatic N) is 4. The quantitative estimate of drug-likeness (QED) is 0.122. The van der Waals surface area contributed by atoms with Crippen molar-refractivity contribution in [3.63, 3.8) is 0 Å². The zero-order valence-corrected chi connectivity index (χ0v) is 69.8. The van der Waals surface area contributed by atoms with E-state index in [1.54, 1.807) is 0 Å². The molecule has 4 heterocycles. The first kappa shape index (κ1) is 72.7. The van der Waals surface area contributed by atoms with Crippen molar-refractivity contribution in [2.75, 3.05) is 0 Å². The van der Waals surface area contributed by atoms with Crippen LogP contribution < -0.4 is 0 Å². The summed E-state index contributed by atoms with van der Waals surface area (Å²) in [5.74, 6) is 0. The first-order valence-electron chi connectivity index (χ1n) is 44.2. The summed E-state index contributed by atoms with van der Waals surface area (Å²) in [5.41, 5.74) is 28.8. The predicted molar refractivity (Wildman–Crippen MR) is 545 cm³/mol. The molecule has 4 nitrogen and oxygen atoms in total. The zero-order chi connectivity index (χ0) is 84.0. The van der Waals surface area contributed by atoms with Crippen LogP contribution in [0.25, 0.3) is 252 Å². The van der Waals surface area contributed by atoms with E-state index in [1.807, 2.05) is 0 Å². The minimum atomic E-state index is 1.14. The topological polar surface area (TPSA) is 19.7 Å². The molecule has 0 fully saturated rings. The zero-order valence-electron chi connectivity index (χ0n) is 69.8. The van der Waals surface area contributed by atoms with Gasteiger partial charge in [0, 0.05) is 65.8 Å². The molecule has 0 aliphatic carbocycles. The average molecular weight is 1620 g/mol. The monoisotopic (exact) mass is 1620 g/mol. The summed E-state index contributed by atoms with van der Waals surface area (Å²) in [6.45, 7) is 0. The van der Waals surface area contributed by atoms with E-state index in [9.17, 15) is 0 Å². The second kappa shape index (κ2) is 29.4. The Morgan fingerprint density at radius 2 is 0.383 bits per heavy atom. The van der Waals surface area contributed by atoms with Crippen molar-refractivity contribution in [1.82, 2.24) is 18.3 Å². The second-order valence-electron chi connectivity index (χ2n) is 34.1. The molecule has 0 saturated carbocycles. The van der Waals surface area contributed by atoms with Gasteiger partial charge in [0.1, 0.15) is 0 Å². The van der Waals surface area contributed by atoms with Crippen LogP contribution in [0.15, 0.2) is 473 Å². The van der Waals surface area contributed by atoms with E-state index in [0.717, 1.165) is 22.7 Å². The number of para-hydroxylation sites is 4. The van der Waals surface area contributed by atoms with Crippen molar-refractivity contribution in [2.45, 2.75) is 0 Å². The SMILES string of the molecule is c1ccc(-c2ccc(-n3c4ccccc4c4cc(-c5ccc6c(c5)c5ccccc5n6-c5ccc(-c6ccc7c(ccc8c9ccccc9ccc78)c6)cc5)ccc43)cc2)cc1.c1ccc(-c2ccc(-n3c4ccccc4c4cc(-c5ccc6c(c5)c5ccccc5n6-c5cccc(-c6cc7c8ccccc8c8ccccc8c7c7ccccc67)c5)ccc43)cc2)cc1. The Hall–Kier alpha value is -16.9. The maximum Gasteiger partial charge on any atom is 0.0541 e. The molecule has 27 aromatic rings. The largest absolute Gasteiger partial charge is 0.309 e. The van der Waals surface area contributed by atoms with Crippen LogP contribution in [0.3, 0.4) is 0 Å². The van der Waals surface area contributed by atoms with Crippen molar-refractivity contribution >= 4 is 163 Å². The van der Waals surface area contributed by atoms with Gasteiger partial charge in [-0.15, -0.1) is 0 Å². The molecule has 4 heteroatoms. The van der Waals surface area contributed by atoms with Gasteiger partial charge in [-0.1, -0.05) is 340 Å². The number of hydrogen-bond donors (Lipinski definition) is 0. The van der Waals surface area contributed by atoms with Crippen LogP contribution in [0.2, 0.25) is 0 Å². The van der Waals surface area contributed by atoms with Crippen LogP contribution in [0.1, 0.15) is 0 Å². The normalized spacial score (nSPS) is 11.9. The molecule has 0 N–H and O–H groups in total. The van der Waals surface area contributed by atoms with E-state index in [-0.39, 0.29) is 0 Å². The molecule has 0 unspecified atom stereocenters. The lowest BCUT2D eigenvalue weighted by molar-refractivity contribution is 1.18. The van der Waals surface area contributed by atoms with Crippen LogP contribution >= 0.6 is 0 Å². The van der Waals surface area contributed by atoms with Gasteiger partial charge in [-0.2, -0.15) is 0 Å². The molecule has 0 atom stereocenters. The lowest BCUT2D eigenvalue weighted by Crippen LogP contribution is -1.95. The van der Waals surface area contributed by atoms with Crippen LogP contribution in [0.5, 0.6) is 0 Å². The molecule has 0 aliphatic heterocycles. The molecule has 128 heavy (non-hydrogen) atoms. The van der Waals surface area contributed by atoms with Crippen molar-refractivity contribution in [3.8, 4) is 89.5 Å². The van der Waals surface area contributed by atoms with Crippen molar-refractivity contribution in [1.29, 1.82) is 0 Å². The summed E-state index contributed by atoms with van der Waals surface area (Å²) in [4.78, 5) is 0. The second-order valence-corrected chi connectivity index (χ2v) is 34.1. The number of hydrogen-bond acceptors (Lipinski definition) is 0. The third kappa shape index (κ3) is 11.7. The standard InChI is InChI=1S/C64H40N2.C60H38N2/c1-2-15-41(16-3-1)42-29-33-46(34-30-42)65-60-27-12-10-23-52(60)57-38-43(31-35-62(57)65)44-32-36-63-58(39-44)53-24-11-13-28-61(53)66(63)47-18-14-17-45(37-47)56-40-59-50-21-5-4-19-48(50)49-20-6-8-25-54(49)64(59)55-26-9-7-22-51(55)56;1-2-10-39(11-3-1)40-18-27-47(28-19-40)61-57-16-8-6-14-53(57)55-37-44(25-34-59(55)61)45-26-35-60-56(38-45)54-15-7-9-17-58(54)62(60)48-29-20-41(21-30-48)43-23-31-50-46(36-43)24-33-51-49-13-5-4-12-42(49)22-32-52(50)51/h1-40H;1-38H. The van der Waals surface area contributed by atoms with Gasteiger partial charge in [-0.3, -0.25) is 0 Å². The van der Waals surface area contributed by atoms with Crippen molar-refractivity contribution in [3.05, 3.63) is 473 Å². The Morgan fingerprint density at radius 3 is 0.828 bits per heavy atom. The number of benzene rings is 23. The highest BCUT2D eigenvalue weighted by atomic mass is 15.0. The van der Waals surface area contributed by atoms with Crippen LogP contribution in [0, 0.1) is 0 Å². The summed E-state index contributed by atoms with van der Waals surface area (Å²) in [5, 5.41) is 28.0. The van der Waals surface area contributed by atoms with Gasteiger partial charge in [-0.25, -0.2) is 0 Å². The molecule has 0 saturated heterocycles. The van der Waals surface area contributed by atoms with E-state index in [4.69, 9.17) is 0 Å². The fraction of sp³-hybridized carbons (Fsp3) is 0. The Morgan fingerprint density at radius 1 is 0.109 bits per heavy atom. The summed E-state index contributed by atoms with van der Waals surface area (Å²) in [6, 6.07) is 174. The summed E-state index contributed by atoms with van der Waals surface area (Å²) < 4.78 is 9.66. The molecule has 4 aromatic heterocycles. The van der Waals surface area contributed by atoms with Crippen LogP contribution in [0.4, 0.5) is 0 Å². The Kier molecular flexibility index (Phi) is 16.7. The van der Waals surface area contributed by atoms with E-state index < -0.39 is 0 Å². The van der Waals surface area contributed by atoms with Gasteiger partial charge in [-0.05, 0) is 276 Å². The van der Waals surface area contributed by atoms with Gasteiger partial charge < -0.3 is 18.3 Å². The third-order valence-corrected chi connectivity index (χ3v) is 27.2. The number of fused-ring (bicyclic) bond motifs is 25. The van der Waals surface area contributed by atoms with Crippen LogP contribution in [-0.4, -0.2) is 18.3 Å². The minimum Gasteiger partial charge on any atom is -0.309 e. The molecular formula is C124H78N4. The minimum absolute atomic E-state index is 1.14. The Balaban J connectivity index is 0.000000136. The highest BCUT2D eigenvalue weighted by molar-refractivity contribution is 6.33. The van der Waals surface area contributed by atoms with E-state index in [0.29, 0.717) is 0 Å².